The van der Waals surface area contributed by atoms with Gasteiger partial charge in [0.2, 0.25) is 15.9 Å². The van der Waals surface area contributed by atoms with E-state index in [1.165, 1.54) is 0 Å². The molecule has 1 aromatic rings. The Morgan fingerprint density at radius 1 is 1.32 bits per heavy atom. The van der Waals surface area contributed by atoms with Gasteiger partial charge in [-0.15, -0.1) is 0 Å². The van der Waals surface area contributed by atoms with E-state index < -0.39 is 10.0 Å². The van der Waals surface area contributed by atoms with Gasteiger partial charge in [-0.05, 0) is 26.2 Å². The number of rotatable bonds is 9. The molecule has 0 amide bonds. The molecule has 0 aliphatic carbocycles. The van der Waals surface area contributed by atoms with Gasteiger partial charge in [-0.25, -0.2) is 12.7 Å². The lowest BCUT2D eigenvalue weighted by molar-refractivity contribution is 0.306. The van der Waals surface area contributed by atoms with Crippen LogP contribution in [0.5, 0.6) is 0 Å². The quantitative estimate of drug-likeness (QED) is 0.465. The molecule has 2 heterocycles. The SMILES string of the molecule is CCCS(=O)(=O)N1CCC(NC(=NCCc2nc(C(C)C)no2)NCC)CC1. The van der Waals surface area contributed by atoms with Crippen LogP contribution in [0.25, 0.3) is 0 Å². The molecule has 0 atom stereocenters. The van der Waals surface area contributed by atoms with Crippen LogP contribution in [-0.2, 0) is 16.4 Å². The minimum absolute atomic E-state index is 0.210. The summed E-state index contributed by atoms with van der Waals surface area (Å²) in [6, 6.07) is 0.210. The van der Waals surface area contributed by atoms with Crippen molar-refractivity contribution in [2.45, 2.75) is 65.3 Å². The Morgan fingerprint density at radius 3 is 2.61 bits per heavy atom. The summed E-state index contributed by atoms with van der Waals surface area (Å²) < 4.78 is 31.2. The summed E-state index contributed by atoms with van der Waals surface area (Å²) in [5, 5.41) is 10.6. The summed E-state index contributed by atoms with van der Waals surface area (Å²) in [6.45, 7) is 10.4. The molecule has 1 saturated heterocycles. The molecule has 10 heteroatoms. The van der Waals surface area contributed by atoms with Crippen molar-refractivity contribution >= 4 is 16.0 Å². The lowest BCUT2D eigenvalue weighted by Gasteiger charge is -2.32. The third kappa shape index (κ3) is 6.73. The van der Waals surface area contributed by atoms with Gasteiger partial charge >= 0.3 is 0 Å². The van der Waals surface area contributed by atoms with Crippen molar-refractivity contribution in [2.75, 3.05) is 31.9 Å². The van der Waals surface area contributed by atoms with E-state index in [1.807, 2.05) is 27.7 Å². The summed E-state index contributed by atoms with van der Waals surface area (Å²) in [6.07, 6.45) is 2.78. The molecule has 0 aromatic carbocycles. The maximum atomic E-state index is 12.2. The molecule has 0 spiro atoms. The number of guanidine groups is 1. The van der Waals surface area contributed by atoms with Crippen LogP contribution in [0.2, 0.25) is 0 Å². The standard InChI is InChI=1S/C18H34N6O3S/c1-5-13-28(25,26)24-11-8-15(9-12-24)21-18(19-6-2)20-10-7-16-22-17(14(3)4)23-27-16/h14-15H,5-13H2,1-4H3,(H2,19,20,21). The third-order valence-electron chi connectivity index (χ3n) is 4.59. The van der Waals surface area contributed by atoms with Gasteiger partial charge in [0.15, 0.2) is 11.8 Å². The van der Waals surface area contributed by atoms with Crippen LogP contribution in [0.4, 0.5) is 0 Å². The van der Waals surface area contributed by atoms with Gasteiger partial charge in [-0.1, -0.05) is 25.9 Å². The summed E-state index contributed by atoms with van der Waals surface area (Å²) >= 11 is 0. The Labute approximate surface area is 168 Å². The zero-order valence-corrected chi connectivity index (χ0v) is 18.3. The summed E-state index contributed by atoms with van der Waals surface area (Å²) in [5.41, 5.74) is 0. The molecular weight excluding hydrogens is 380 g/mol. The maximum absolute atomic E-state index is 12.2. The number of aliphatic imine (C=N–C) groups is 1. The Balaban J connectivity index is 1.84. The molecule has 160 valence electrons. The highest BCUT2D eigenvalue weighted by molar-refractivity contribution is 7.89. The molecule has 0 saturated carbocycles. The van der Waals surface area contributed by atoms with Crippen molar-refractivity contribution in [2.24, 2.45) is 4.99 Å². The Hall–Kier alpha value is -1.68. The van der Waals surface area contributed by atoms with Crippen LogP contribution in [0.15, 0.2) is 9.52 Å². The fraction of sp³-hybridized carbons (Fsp3) is 0.833. The lowest BCUT2D eigenvalue weighted by atomic mass is 10.1. The van der Waals surface area contributed by atoms with E-state index in [-0.39, 0.29) is 17.7 Å². The van der Waals surface area contributed by atoms with Gasteiger partial charge in [0.1, 0.15) is 0 Å². The van der Waals surface area contributed by atoms with Crippen molar-refractivity contribution < 1.29 is 12.9 Å². The van der Waals surface area contributed by atoms with Crippen LogP contribution >= 0.6 is 0 Å². The van der Waals surface area contributed by atoms with E-state index in [9.17, 15) is 8.42 Å². The van der Waals surface area contributed by atoms with E-state index in [0.29, 0.717) is 44.2 Å². The van der Waals surface area contributed by atoms with E-state index in [4.69, 9.17) is 4.52 Å². The minimum atomic E-state index is -3.11. The number of hydrogen-bond donors (Lipinski definition) is 2. The first-order valence-corrected chi connectivity index (χ1v) is 11.8. The molecular formula is C18H34N6O3S. The van der Waals surface area contributed by atoms with Gasteiger partial charge < -0.3 is 15.2 Å². The largest absolute Gasteiger partial charge is 0.357 e. The summed E-state index contributed by atoms with van der Waals surface area (Å²) in [4.78, 5) is 8.95. The van der Waals surface area contributed by atoms with Crippen molar-refractivity contribution in [3.63, 3.8) is 0 Å². The zero-order chi connectivity index (χ0) is 20.6. The van der Waals surface area contributed by atoms with Gasteiger partial charge in [0.25, 0.3) is 0 Å². The lowest BCUT2D eigenvalue weighted by Crippen LogP contribution is -2.50. The third-order valence-corrected chi connectivity index (χ3v) is 6.67. The predicted octanol–water partition coefficient (Wildman–Crippen LogP) is 1.49. The normalized spacial score (nSPS) is 17.2. The molecule has 28 heavy (non-hydrogen) atoms. The molecule has 0 radical (unpaired) electrons. The first-order valence-electron chi connectivity index (χ1n) is 10.2. The van der Waals surface area contributed by atoms with E-state index >= 15 is 0 Å². The number of aromatic nitrogens is 2. The highest BCUT2D eigenvalue weighted by atomic mass is 32.2. The molecule has 2 rings (SSSR count). The Kier molecular flexibility index (Phi) is 8.68. The second-order valence-corrected chi connectivity index (χ2v) is 9.43. The molecule has 1 aliphatic heterocycles. The molecule has 9 nitrogen and oxygen atoms in total. The predicted molar refractivity (Wildman–Crippen MR) is 110 cm³/mol. The van der Waals surface area contributed by atoms with Gasteiger partial charge in [0.05, 0.1) is 12.3 Å². The van der Waals surface area contributed by atoms with Crippen LogP contribution in [0.1, 0.15) is 64.6 Å². The van der Waals surface area contributed by atoms with Crippen LogP contribution < -0.4 is 10.6 Å². The van der Waals surface area contributed by atoms with Crippen LogP contribution in [0.3, 0.4) is 0 Å². The van der Waals surface area contributed by atoms with E-state index in [2.05, 4.69) is 25.8 Å². The second-order valence-electron chi connectivity index (χ2n) is 7.35. The highest BCUT2D eigenvalue weighted by Crippen LogP contribution is 2.15. The fourth-order valence-corrected chi connectivity index (χ4v) is 4.59. The van der Waals surface area contributed by atoms with Crippen molar-refractivity contribution in [3.8, 4) is 0 Å². The van der Waals surface area contributed by atoms with Crippen molar-refractivity contribution in [1.29, 1.82) is 0 Å². The van der Waals surface area contributed by atoms with Gasteiger partial charge in [-0.3, -0.25) is 4.99 Å². The molecule has 1 fully saturated rings. The maximum Gasteiger partial charge on any atom is 0.228 e. The number of sulfonamides is 1. The fourth-order valence-electron chi connectivity index (χ4n) is 3.05. The van der Waals surface area contributed by atoms with Gasteiger partial charge in [-0.2, -0.15) is 4.98 Å². The zero-order valence-electron chi connectivity index (χ0n) is 17.4. The molecule has 0 unspecified atom stereocenters. The van der Waals surface area contributed by atoms with E-state index in [0.717, 1.165) is 25.3 Å². The second kappa shape index (κ2) is 10.8. The number of nitrogens with zero attached hydrogens (tertiary/aromatic N) is 4. The first-order chi connectivity index (χ1) is 13.4. The Morgan fingerprint density at radius 2 is 2.04 bits per heavy atom. The smallest absolute Gasteiger partial charge is 0.228 e. The first kappa shape index (κ1) is 22.6. The summed E-state index contributed by atoms with van der Waals surface area (Å²) in [5.74, 6) is 2.52. The Bertz CT molecular complexity index is 723. The number of hydrogen-bond acceptors (Lipinski definition) is 6. The molecule has 1 aliphatic rings. The molecule has 1 aromatic heterocycles. The average Bonchev–Trinajstić information content (AvgIpc) is 3.11. The topological polar surface area (TPSA) is 113 Å². The monoisotopic (exact) mass is 414 g/mol. The number of piperidine rings is 1. The van der Waals surface area contributed by atoms with Crippen molar-refractivity contribution in [1.82, 2.24) is 25.1 Å². The average molecular weight is 415 g/mol. The molecule has 2 N–H and O–H groups in total. The summed E-state index contributed by atoms with van der Waals surface area (Å²) in [7, 11) is -3.11. The van der Waals surface area contributed by atoms with E-state index in [1.54, 1.807) is 4.31 Å². The highest BCUT2D eigenvalue weighted by Gasteiger charge is 2.27. The van der Waals surface area contributed by atoms with Crippen LogP contribution in [-0.4, -0.2) is 66.8 Å². The number of nitrogens with one attached hydrogen (secondary N) is 2. The van der Waals surface area contributed by atoms with Gasteiger partial charge in [0, 0.05) is 38.0 Å². The van der Waals surface area contributed by atoms with Crippen LogP contribution in [0, 0.1) is 0 Å². The van der Waals surface area contributed by atoms with Crippen molar-refractivity contribution in [3.05, 3.63) is 11.7 Å². The minimum Gasteiger partial charge on any atom is -0.357 e. The molecule has 0 bridgehead atoms.